The number of halogens is 3. The average Bonchev–Trinajstić information content (AvgIpc) is 3.18. The summed E-state index contributed by atoms with van der Waals surface area (Å²) in [7, 11) is -2.27. The lowest BCUT2D eigenvalue weighted by molar-refractivity contribution is -0.141. The van der Waals surface area contributed by atoms with Crippen LogP contribution < -0.4 is 5.73 Å². The van der Waals surface area contributed by atoms with E-state index in [0.717, 1.165) is 12.6 Å². The van der Waals surface area contributed by atoms with Gasteiger partial charge >= 0.3 is 6.18 Å². The number of nitrogens with two attached hydrogens (primary N) is 1. The first-order chi connectivity index (χ1) is 15.0. The summed E-state index contributed by atoms with van der Waals surface area (Å²) in [6.45, 7) is 2.36. The van der Waals surface area contributed by atoms with Gasteiger partial charge in [-0.25, -0.2) is 18.4 Å². The lowest BCUT2D eigenvalue weighted by atomic mass is 10.1. The highest BCUT2D eigenvalue weighted by atomic mass is 32.2. The van der Waals surface area contributed by atoms with E-state index in [0.29, 0.717) is 24.1 Å². The molecule has 1 atom stereocenters. The van der Waals surface area contributed by atoms with E-state index >= 15 is 0 Å². The molecule has 3 heterocycles. The Morgan fingerprint density at radius 1 is 1.28 bits per heavy atom. The maximum absolute atomic E-state index is 13.3. The van der Waals surface area contributed by atoms with Crippen LogP contribution in [0.25, 0.3) is 16.9 Å². The molecule has 172 valence electrons. The zero-order valence-corrected chi connectivity index (χ0v) is 18.2. The molecule has 1 aliphatic heterocycles. The molecule has 4 rings (SSSR count). The van der Waals surface area contributed by atoms with Crippen molar-refractivity contribution in [1.29, 1.82) is 0 Å². The third kappa shape index (κ3) is 3.93. The predicted octanol–water partition coefficient (Wildman–Crippen LogP) is 3.11. The summed E-state index contributed by atoms with van der Waals surface area (Å²) in [6.07, 6.45) is -1.26. The van der Waals surface area contributed by atoms with Gasteiger partial charge in [0.25, 0.3) is 0 Å². The lowest BCUT2D eigenvalue weighted by Crippen LogP contribution is -2.42. The second kappa shape index (κ2) is 8.01. The van der Waals surface area contributed by atoms with Crippen molar-refractivity contribution in [2.75, 3.05) is 25.9 Å². The first kappa shape index (κ1) is 22.5. The number of benzene rings is 1. The number of alkyl halides is 3. The van der Waals surface area contributed by atoms with E-state index in [1.807, 2.05) is 0 Å². The number of fused-ring (bicyclic) bond motifs is 1. The van der Waals surface area contributed by atoms with Crippen LogP contribution in [-0.2, 0) is 20.9 Å². The highest BCUT2D eigenvalue weighted by Crippen LogP contribution is 2.33. The van der Waals surface area contributed by atoms with Crippen LogP contribution in [0.2, 0.25) is 0 Å². The molecule has 1 unspecified atom stereocenters. The van der Waals surface area contributed by atoms with E-state index in [1.54, 1.807) is 20.1 Å². The average molecular weight is 469 g/mol. The zero-order chi connectivity index (χ0) is 23.3. The van der Waals surface area contributed by atoms with Crippen LogP contribution in [0.5, 0.6) is 0 Å². The Kier molecular flexibility index (Phi) is 5.63. The van der Waals surface area contributed by atoms with Gasteiger partial charge in [0.2, 0.25) is 10.0 Å². The fourth-order valence-electron chi connectivity index (χ4n) is 3.85. The number of hydrogen-bond donors (Lipinski definition) is 1. The Bertz CT molecular complexity index is 1270. The predicted molar refractivity (Wildman–Crippen MR) is 111 cm³/mol. The molecule has 1 aliphatic rings. The molecular weight excluding hydrogens is 447 g/mol. The van der Waals surface area contributed by atoms with Gasteiger partial charge in [0, 0.05) is 32.0 Å². The Balaban J connectivity index is 1.82. The Labute approximate surface area is 182 Å². The molecule has 0 saturated carbocycles. The number of nitrogens with zero attached hydrogens (tertiary/aromatic N) is 4. The van der Waals surface area contributed by atoms with Crippen molar-refractivity contribution in [3.05, 3.63) is 41.9 Å². The van der Waals surface area contributed by atoms with Gasteiger partial charge in [0.15, 0.2) is 17.2 Å². The second-order valence-electron chi connectivity index (χ2n) is 7.69. The van der Waals surface area contributed by atoms with Crippen LogP contribution in [-0.4, -0.2) is 53.4 Å². The molecule has 32 heavy (non-hydrogen) atoms. The molecule has 8 nitrogen and oxygen atoms in total. The van der Waals surface area contributed by atoms with E-state index in [-0.39, 0.29) is 34.7 Å². The number of piperidine rings is 1. The van der Waals surface area contributed by atoms with Crippen LogP contribution in [0.3, 0.4) is 0 Å². The van der Waals surface area contributed by atoms with Crippen molar-refractivity contribution in [2.24, 2.45) is 0 Å². The smallest absolute Gasteiger partial charge is 0.381 e. The highest BCUT2D eigenvalue weighted by molar-refractivity contribution is 7.89. The van der Waals surface area contributed by atoms with Crippen LogP contribution in [0.1, 0.15) is 24.1 Å². The fraction of sp³-hybridized carbons (Fsp3) is 0.400. The monoisotopic (exact) mass is 469 g/mol. The van der Waals surface area contributed by atoms with E-state index < -0.39 is 21.9 Å². The van der Waals surface area contributed by atoms with Gasteiger partial charge in [-0.2, -0.15) is 17.5 Å². The number of aromatic nitrogens is 3. The molecule has 0 bridgehead atoms. The Morgan fingerprint density at radius 3 is 2.72 bits per heavy atom. The molecule has 1 aromatic carbocycles. The SMILES string of the molecule is COC1CCCN(S(=O)(=O)c2ccc(C)c(-c3cnc4c(N)nc(C(F)(F)F)cn34)c2)C1. The summed E-state index contributed by atoms with van der Waals surface area (Å²) in [5, 5.41) is 0. The van der Waals surface area contributed by atoms with Gasteiger partial charge < -0.3 is 10.5 Å². The number of sulfonamides is 1. The first-order valence-electron chi connectivity index (χ1n) is 9.87. The molecule has 2 N–H and O–H groups in total. The van der Waals surface area contributed by atoms with Crippen LogP contribution >= 0.6 is 0 Å². The Hall–Kier alpha value is -2.70. The standard InChI is InChI=1S/C20H22F3N5O3S/c1-12-5-6-14(32(29,30)27-7-3-4-13(10-27)31-2)8-15(12)16-9-25-19-18(24)26-17(11-28(16)19)20(21,22)23/h5-6,8-9,11,13H,3-4,7,10H2,1-2H3,(H2,24,26). The number of anilines is 1. The van der Waals surface area contributed by atoms with Gasteiger partial charge in [0.05, 0.1) is 22.9 Å². The van der Waals surface area contributed by atoms with Crippen LogP contribution in [0.15, 0.2) is 35.5 Å². The Morgan fingerprint density at radius 2 is 2.03 bits per heavy atom. The summed E-state index contributed by atoms with van der Waals surface area (Å²) in [6, 6.07) is 4.56. The number of imidazole rings is 1. The quantitative estimate of drug-likeness (QED) is 0.630. The zero-order valence-electron chi connectivity index (χ0n) is 17.4. The van der Waals surface area contributed by atoms with Crippen molar-refractivity contribution in [2.45, 2.75) is 36.9 Å². The lowest BCUT2D eigenvalue weighted by Gasteiger charge is -2.31. The van der Waals surface area contributed by atoms with Crippen molar-refractivity contribution in [1.82, 2.24) is 18.7 Å². The van der Waals surface area contributed by atoms with Gasteiger partial charge in [-0.3, -0.25) is 4.40 Å². The fourth-order valence-corrected chi connectivity index (χ4v) is 5.39. The molecule has 1 saturated heterocycles. The van der Waals surface area contributed by atoms with Gasteiger partial charge in [-0.1, -0.05) is 6.07 Å². The number of rotatable bonds is 4. The van der Waals surface area contributed by atoms with Gasteiger partial charge in [-0.05, 0) is 37.5 Å². The van der Waals surface area contributed by atoms with Crippen LogP contribution in [0, 0.1) is 6.92 Å². The third-order valence-electron chi connectivity index (χ3n) is 5.61. The normalized spacial score (nSPS) is 18.3. The highest BCUT2D eigenvalue weighted by Gasteiger charge is 2.34. The number of aryl methyl sites for hydroxylation is 1. The number of methoxy groups -OCH3 is 1. The summed E-state index contributed by atoms with van der Waals surface area (Å²) >= 11 is 0. The molecule has 1 fully saturated rings. The molecule has 0 radical (unpaired) electrons. The van der Waals surface area contributed by atoms with Gasteiger partial charge in [-0.15, -0.1) is 0 Å². The van der Waals surface area contributed by atoms with E-state index in [2.05, 4.69) is 9.97 Å². The second-order valence-corrected chi connectivity index (χ2v) is 9.62. The van der Waals surface area contributed by atoms with Crippen molar-refractivity contribution in [3.8, 4) is 11.3 Å². The minimum absolute atomic E-state index is 0.0443. The summed E-state index contributed by atoms with van der Waals surface area (Å²) in [4.78, 5) is 7.53. The van der Waals surface area contributed by atoms with Crippen molar-refractivity contribution in [3.63, 3.8) is 0 Å². The summed E-state index contributed by atoms with van der Waals surface area (Å²) in [5.41, 5.74) is 5.97. The number of nitrogen functional groups attached to an aromatic ring is 1. The van der Waals surface area contributed by atoms with E-state index in [4.69, 9.17) is 10.5 Å². The summed E-state index contributed by atoms with van der Waals surface area (Å²) in [5.74, 6) is -0.369. The maximum atomic E-state index is 13.3. The molecule has 0 amide bonds. The van der Waals surface area contributed by atoms with E-state index in [1.165, 1.54) is 27.0 Å². The third-order valence-corrected chi connectivity index (χ3v) is 7.47. The molecule has 2 aromatic heterocycles. The van der Waals surface area contributed by atoms with Crippen molar-refractivity contribution < 1.29 is 26.3 Å². The minimum atomic E-state index is -4.70. The molecular formula is C20H22F3N5O3S. The first-order valence-corrected chi connectivity index (χ1v) is 11.3. The van der Waals surface area contributed by atoms with Gasteiger partial charge in [0.1, 0.15) is 0 Å². The number of ether oxygens (including phenoxy) is 1. The maximum Gasteiger partial charge on any atom is 0.434 e. The molecule has 0 aliphatic carbocycles. The molecule has 12 heteroatoms. The van der Waals surface area contributed by atoms with E-state index in [9.17, 15) is 21.6 Å². The summed E-state index contributed by atoms with van der Waals surface area (Å²) < 4.78 is 74.2. The van der Waals surface area contributed by atoms with Crippen molar-refractivity contribution >= 4 is 21.5 Å². The van der Waals surface area contributed by atoms with Crippen LogP contribution in [0.4, 0.5) is 19.0 Å². The molecule has 3 aromatic rings. The number of hydrogen-bond acceptors (Lipinski definition) is 6. The molecule has 0 spiro atoms. The topological polar surface area (TPSA) is 103 Å². The largest absolute Gasteiger partial charge is 0.434 e. The minimum Gasteiger partial charge on any atom is -0.381 e.